The van der Waals surface area contributed by atoms with Crippen molar-refractivity contribution in [2.75, 3.05) is 40.5 Å². The van der Waals surface area contributed by atoms with Crippen molar-refractivity contribution in [3.05, 3.63) is 53.1 Å². The van der Waals surface area contributed by atoms with Gasteiger partial charge >= 0.3 is 5.97 Å². The normalized spacial score (nSPS) is 17.7. The zero-order valence-electron chi connectivity index (χ0n) is 18.1. The van der Waals surface area contributed by atoms with E-state index in [1.54, 1.807) is 14.2 Å². The molecule has 4 rings (SSSR count). The van der Waals surface area contributed by atoms with Crippen LogP contribution in [0.25, 0.3) is 0 Å². The SMILES string of the molecule is COc1cc2c(cc1OC)C1(CCN(Cc3ccc(OCC(=O)O)cc3)CC1)OCC2. The van der Waals surface area contributed by atoms with E-state index in [0.717, 1.165) is 57.0 Å². The second kappa shape index (κ2) is 9.16. The minimum atomic E-state index is -0.978. The lowest BCUT2D eigenvalue weighted by Crippen LogP contribution is -2.46. The van der Waals surface area contributed by atoms with Gasteiger partial charge in [-0.15, -0.1) is 0 Å². The van der Waals surface area contributed by atoms with E-state index in [9.17, 15) is 4.79 Å². The number of carboxylic acids is 1. The van der Waals surface area contributed by atoms with Crippen LogP contribution in [0.1, 0.15) is 29.5 Å². The number of ether oxygens (including phenoxy) is 4. The monoisotopic (exact) mass is 427 g/mol. The van der Waals surface area contributed by atoms with Gasteiger partial charge in [0.05, 0.1) is 26.4 Å². The van der Waals surface area contributed by atoms with Crippen molar-refractivity contribution < 1.29 is 28.8 Å². The van der Waals surface area contributed by atoms with Crippen LogP contribution in [0, 0.1) is 0 Å². The maximum Gasteiger partial charge on any atom is 0.341 e. The fourth-order valence-corrected chi connectivity index (χ4v) is 4.57. The molecule has 31 heavy (non-hydrogen) atoms. The Balaban J connectivity index is 1.42. The molecule has 2 aromatic rings. The quantitative estimate of drug-likeness (QED) is 0.727. The van der Waals surface area contributed by atoms with Crippen LogP contribution in [-0.2, 0) is 28.1 Å². The number of methoxy groups -OCH3 is 2. The lowest BCUT2D eigenvalue weighted by Gasteiger charge is -2.45. The fourth-order valence-electron chi connectivity index (χ4n) is 4.57. The van der Waals surface area contributed by atoms with Crippen molar-refractivity contribution in [3.63, 3.8) is 0 Å². The topological polar surface area (TPSA) is 77.5 Å². The van der Waals surface area contributed by atoms with Gasteiger partial charge in [0.1, 0.15) is 5.75 Å². The third-order valence-corrected chi connectivity index (χ3v) is 6.21. The first-order valence-electron chi connectivity index (χ1n) is 10.6. The minimum Gasteiger partial charge on any atom is -0.493 e. The van der Waals surface area contributed by atoms with Gasteiger partial charge in [0.25, 0.3) is 0 Å². The zero-order chi connectivity index (χ0) is 21.8. The van der Waals surface area contributed by atoms with Crippen LogP contribution < -0.4 is 14.2 Å². The highest BCUT2D eigenvalue weighted by atomic mass is 16.5. The third kappa shape index (κ3) is 4.62. The van der Waals surface area contributed by atoms with E-state index in [1.165, 1.54) is 16.7 Å². The summed E-state index contributed by atoms with van der Waals surface area (Å²) in [6, 6.07) is 11.8. The van der Waals surface area contributed by atoms with Crippen LogP contribution in [0.3, 0.4) is 0 Å². The van der Waals surface area contributed by atoms with Crippen molar-refractivity contribution in [1.82, 2.24) is 4.90 Å². The Hall–Kier alpha value is -2.77. The van der Waals surface area contributed by atoms with Gasteiger partial charge < -0.3 is 24.1 Å². The average molecular weight is 427 g/mol. The molecule has 0 unspecified atom stereocenters. The predicted molar refractivity (Wildman–Crippen MR) is 115 cm³/mol. The Bertz CT molecular complexity index is 918. The largest absolute Gasteiger partial charge is 0.493 e. The van der Waals surface area contributed by atoms with E-state index >= 15 is 0 Å². The van der Waals surface area contributed by atoms with Crippen molar-refractivity contribution in [3.8, 4) is 17.2 Å². The number of nitrogens with zero attached hydrogens (tertiary/aromatic N) is 1. The fraction of sp³-hybridized carbons (Fsp3) is 0.458. The van der Waals surface area contributed by atoms with Crippen molar-refractivity contribution >= 4 is 5.97 Å². The first-order chi connectivity index (χ1) is 15.0. The van der Waals surface area contributed by atoms with E-state index in [2.05, 4.69) is 17.0 Å². The van der Waals surface area contributed by atoms with Crippen LogP contribution in [0.15, 0.2) is 36.4 Å². The standard InChI is InChI=1S/C24H29NO6/c1-28-21-13-18-7-12-31-24(20(18)14-22(21)29-2)8-10-25(11-9-24)15-17-3-5-19(6-4-17)30-16-23(26)27/h3-6,13-14H,7-12,15-16H2,1-2H3,(H,26,27). The van der Waals surface area contributed by atoms with E-state index < -0.39 is 5.97 Å². The first-order valence-corrected chi connectivity index (χ1v) is 10.6. The molecule has 1 fully saturated rings. The number of rotatable bonds is 7. The molecule has 1 spiro atoms. The molecule has 0 amide bonds. The second-order valence-corrected chi connectivity index (χ2v) is 8.06. The van der Waals surface area contributed by atoms with E-state index in [4.69, 9.17) is 24.1 Å². The highest BCUT2D eigenvalue weighted by Crippen LogP contribution is 2.45. The molecule has 0 aliphatic carbocycles. The van der Waals surface area contributed by atoms with Gasteiger partial charge in [-0.3, -0.25) is 4.90 Å². The number of benzene rings is 2. The van der Waals surface area contributed by atoms with Crippen LogP contribution in [0.5, 0.6) is 17.2 Å². The van der Waals surface area contributed by atoms with E-state index in [-0.39, 0.29) is 12.2 Å². The van der Waals surface area contributed by atoms with Gasteiger partial charge in [-0.1, -0.05) is 12.1 Å². The number of carbonyl (C=O) groups is 1. The molecular weight excluding hydrogens is 398 g/mol. The van der Waals surface area contributed by atoms with Gasteiger partial charge in [-0.05, 0) is 60.2 Å². The highest BCUT2D eigenvalue weighted by Gasteiger charge is 2.41. The summed E-state index contributed by atoms with van der Waals surface area (Å²) in [5, 5.41) is 8.71. The molecule has 2 aliphatic heterocycles. The van der Waals surface area contributed by atoms with E-state index in [1.807, 2.05) is 24.3 Å². The van der Waals surface area contributed by atoms with Crippen molar-refractivity contribution in [2.24, 2.45) is 0 Å². The summed E-state index contributed by atoms with van der Waals surface area (Å²) in [7, 11) is 3.34. The van der Waals surface area contributed by atoms with Gasteiger partial charge in [0.2, 0.25) is 0 Å². The molecule has 0 aromatic heterocycles. The summed E-state index contributed by atoms with van der Waals surface area (Å²) in [6.45, 7) is 3.11. The number of fused-ring (bicyclic) bond motifs is 2. The molecular formula is C24H29NO6. The third-order valence-electron chi connectivity index (χ3n) is 6.21. The summed E-state index contributed by atoms with van der Waals surface area (Å²) < 4.78 is 22.6. The summed E-state index contributed by atoms with van der Waals surface area (Å²) in [4.78, 5) is 13.0. The first kappa shape index (κ1) is 21.5. The number of aliphatic carboxylic acids is 1. The maximum absolute atomic E-state index is 10.6. The second-order valence-electron chi connectivity index (χ2n) is 8.06. The number of hydrogen-bond donors (Lipinski definition) is 1. The Labute approximate surface area is 182 Å². The number of piperidine rings is 1. The Morgan fingerprint density at radius 2 is 1.77 bits per heavy atom. The van der Waals surface area contributed by atoms with Crippen LogP contribution in [0.4, 0.5) is 0 Å². The number of hydrogen-bond acceptors (Lipinski definition) is 6. The summed E-state index contributed by atoms with van der Waals surface area (Å²) in [6.07, 6.45) is 2.74. The van der Waals surface area contributed by atoms with Gasteiger partial charge in [-0.25, -0.2) is 4.79 Å². The molecule has 0 bridgehead atoms. The molecule has 1 N–H and O–H groups in total. The molecule has 166 valence electrons. The maximum atomic E-state index is 10.6. The average Bonchev–Trinajstić information content (AvgIpc) is 2.79. The summed E-state index contributed by atoms with van der Waals surface area (Å²) >= 11 is 0. The molecule has 7 heteroatoms. The molecule has 0 atom stereocenters. The highest BCUT2D eigenvalue weighted by molar-refractivity contribution is 5.68. The Morgan fingerprint density at radius 3 is 2.42 bits per heavy atom. The van der Waals surface area contributed by atoms with Gasteiger partial charge in [0, 0.05) is 19.6 Å². The summed E-state index contributed by atoms with van der Waals surface area (Å²) in [5.41, 5.74) is 3.43. The number of carboxylic acid groups (broad SMARTS) is 1. The zero-order valence-corrected chi connectivity index (χ0v) is 18.1. The molecule has 0 radical (unpaired) electrons. The smallest absolute Gasteiger partial charge is 0.341 e. The van der Waals surface area contributed by atoms with Crippen molar-refractivity contribution in [2.45, 2.75) is 31.4 Å². The Kier molecular flexibility index (Phi) is 6.34. The molecule has 2 aliphatic rings. The summed E-state index contributed by atoms with van der Waals surface area (Å²) in [5.74, 6) is 1.11. The van der Waals surface area contributed by atoms with Gasteiger partial charge in [0.15, 0.2) is 18.1 Å². The molecule has 2 heterocycles. The van der Waals surface area contributed by atoms with Crippen LogP contribution in [-0.4, -0.2) is 56.5 Å². The van der Waals surface area contributed by atoms with E-state index in [0.29, 0.717) is 5.75 Å². The predicted octanol–water partition coefficient (Wildman–Crippen LogP) is 3.23. The Morgan fingerprint density at radius 1 is 1.10 bits per heavy atom. The van der Waals surface area contributed by atoms with Gasteiger partial charge in [-0.2, -0.15) is 0 Å². The minimum absolute atomic E-state index is 0.266. The molecule has 1 saturated heterocycles. The van der Waals surface area contributed by atoms with Crippen molar-refractivity contribution in [1.29, 1.82) is 0 Å². The lowest BCUT2D eigenvalue weighted by molar-refractivity contribution is -0.139. The molecule has 0 saturated carbocycles. The number of likely N-dealkylation sites (tertiary alicyclic amines) is 1. The molecule has 7 nitrogen and oxygen atoms in total. The van der Waals surface area contributed by atoms with Crippen LogP contribution in [0.2, 0.25) is 0 Å². The lowest BCUT2D eigenvalue weighted by atomic mass is 9.79. The molecule has 2 aromatic carbocycles. The van der Waals surface area contributed by atoms with Crippen LogP contribution >= 0.6 is 0 Å².